The van der Waals surface area contributed by atoms with Gasteiger partial charge in [0, 0.05) is 12.8 Å². The molecule has 0 N–H and O–H groups in total. The van der Waals surface area contributed by atoms with E-state index in [0.717, 1.165) is 12.8 Å². The Hall–Kier alpha value is -0.660. The van der Waals surface area contributed by atoms with E-state index in [4.69, 9.17) is 0 Å². The summed E-state index contributed by atoms with van der Waals surface area (Å²) < 4.78 is 0. The molecule has 1 rings (SSSR count). The van der Waals surface area contributed by atoms with Crippen molar-refractivity contribution in [3.63, 3.8) is 0 Å². The lowest BCUT2D eigenvalue weighted by Gasteiger charge is -2.05. The second kappa shape index (κ2) is 5.94. The van der Waals surface area contributed by atoms with Crippen molar-refractivity contribution in [3.05, 3.63) is 0 Å². The topological polar surface area (TPSA) is 34.1 Å². The van der Waals surface area contributed by atoms with Gasteiger partial charge >= 0.3 is 0 Å². The molecule has 0 bridgehead atoms. The fourth-order valence-corrected chi connectivity index (χ4v) is 2.05. The lowest BCUT2D eigenvalue weighted by molar-refractivity contribution is -0.127. The first kappa shape index (κ1) is 11.4. The Morgan fingerprint density at radius 1 is 1.00 bits per heavy atom. The average Bonchev–Trinajstić information content (AvgIpc) is 2.48. The molecule has 0 aromatic heterocycles. The predicted molar refractivity (Wildman–Crippen MR) is 56.1 cm³/mol. The van der Waals surface area contributed by atoms with E-state index in [-0.39, 0.29) is 17.5 Å². The summed E-state index contributed by atoms with van der Waals surface area (Å²) in [7, 11) is 0. The maximum absolute atomic E-state index is 11.3. The van der Waals surface area contributed by atoms with Crippen molar-refractivity contribution in [2.24, 2.45) is 5.92 Å². The highest BCUT2D eigenvalue weighted by atomic mass is 16.2. The molecule has 2 nitrogen and oxygen atoms in total. The summed E-state index contributed by atoms with van der Waals surface area (Å²) in [6.45, 7) is 2.18. The number of Topliss-reactive ketones (excluding diaryl/α,β-unsaturated/α-hetero) is 2. The number of carbonyl (C=O) groups excluding carboxylic acids is 2. The van der Waals surface area contributed by atoms with Crippen molar-refractivity contribution in [1.29, 1.82) is 0 Å². The Labute approximate surface area is 86.1 Å². The average molecular weight is 196 g/mol. The number of hydrogen-bond donors (Lipinski definition) is 0. The predicted octanol–water partition coefficient (Wildman–Crippen LogP) is 2.90. The molecule has 0 atom stereocenters. The SMILES string of the molecule is CCCCCCCC1C(=O)CCC1=O. The molecule has 0 radical (unpaired) electrons. The van der Waals surface area contributed by atoms with E-state index in [1.807, 2.05) is 0 Å². The molecule has 80 valence electrons. The number of carbonyl (C=O) groups is 2. The van der Waals surface area contributed by atoms with Gasteiger partial charge in [-0.15, -0.1) is 0 Å². The maximum Gasteiger partial charge on any atom is 0.143 e. The zero-order chi connectivity index (χ0) is 10.4. The van der Waals surface area contributed by atoms with Gasteiger partial charge in [0.05, 0.1) is 5.92 Å². The fourth-order valence-electron chi connectivity index (χ4n) is 2.05. The van der Waals surface area contributed by atoms with Crippen LogP contribution >= 0.6 is 0 Å². The van der Waals surface area contributed by atoms with Crippen molar-refractivity contribution < 1.29 is 9.59 Å². The van der Waals surface area contributed by atoms with Gasteiger partial charge in [-0.05, 0) is 6.42 Å². The zero-order valence-electron chi connectivity index (χ0n) is 9.05. The largest absolute Gasteiger partial charge is 0.299 e. The minimum Gasteiger partial charge on any atom is -0.299 e. The van der Waals surface area contributed by atoms with Gasteiger partial charge in [-0.3, -0.25) is 9.59 Å². The number of hydrogen-bond acceptors (Lipinski definition) is 2. The second-order valence-corrected chi connectivity index (χ2v) is 4.19. The molecule has 1 aliphatic carbocycles. The summed E-state index contributed by atoms with van der Waals surface area (Å²) in [5.41, 5.74) is 0. The summed E-state index contributed by atoms with van der Waals surface area (Å²) >= 11 is 0. The third kappa shape index (κ3) is 3.24. The summed E-state index contributed by atoms with van der Waals surface area (Å²) in [6, 6.07) is 0. The molecule has 1 saturated carbocycles. The van der Waals surface area contributed by atoms with Crippen LogP contribution in [0.1, 0.15) is 58.3 Å². The Balaban J connectivity index is 2.11. The van der Waals surface area contributed by atoms with Gasteiger partial charge in [0.25, 0.3) is 0 Å². The minimum atomic E-state index is -0.225. The first-order chi connectivity index (χ1) is 6.75. The lowest BCUT2D eigenvalue weighted by atomic mass is 9.97. The molecule has 2 heteroatoms. The summed E-state index contributed by atoms with van der Waals surface area (Å²) in [5.74, 6) is 0.146. The van der Waals surface area contributed by atoms with Crippen molar-refractivity contribution in [2.45, 2.75) is 58.3 Å². The van der Waals surface area contributed by atoms with Crippen molar-refractivity contribution in [2.75, 3.05) is 0 Å². The standard InChI is InChI=1S/C12H20O2/c1-2-3-4-5-6-7-10-11(13)8-9-12(10)14/h10H,2-9H2,1H3. The highest BCUT2D eigenvalue weighted by Crippen LogP contribution is 2.23. The maximum atomic E-state index is 11.3. The van der Waals surface area contributed by atoms with Crippen LogP contribution in [0.2, 0.25) is 0 Å². The molecule has 0 aromatic carbocycles. The van der Waals surface area contributed by atoms with Gasteiger partial charge in [-0.2, -0.15) is 0 Å². The Morgan fingerprint density at radius 3 is 2.14 bits per heavy atom. The highest BCUT2D eigenvalue weighted by Gasteiger charge is 2.31. The molecular weight excluding hydrogens is 176 g/mol. The Morgan fingerprint density at radius 2 is 1.57 bits per heavy atom. The van der Waals surface area contributed by atoms with Crippen LogP contribution < -0.4 is 0 Å². The van der Waals surface area contributed by atoms with Crippen LogP contribution in [0.15, 0.2) is 0 Å². The number of unbranched alkanes of at least 4 members (excludes halogenated alkanes) is 4. The van der Waals surface area contributed by atoms with Gasteiger partial charge in [0.15, 0.2) is 0 Å². The van der Waals surface area contributed by atoms with Gasteiger partial charge < -0.3 is 0 Å². The molecule has 0 spiro atoms. The molecule has 1 aliphatic rings. The molecule has 0 unspecified atom stereocenters. The van der Waals surface area contributed by atoms with Gasteiger partial charge in [-0.25, -0.2) is 0 Å². The first-order valence-corrected chi connectivity index (χ1v) is 5.81. The van der Waals surface area contributed by atoms with Crippen molar-refractivity contribution in [1.82, 2.24) is 0 Å². The van der Waals surface area contributed by atoms with Crippen LogP contribution in [0.3, 0.4) is 0 Å². The molecule has 0 aromatic rings. The second-order valence-electron chi connectivity index (χ2n) is 4.19. The third-order valence-corrected chi connectivity index (χ3v) is 2.99. The highest BCUT2D eigenvalue weighted by molar-refractivity contribution is 6.08. The Kier molecular flexibility index (Phi) is 4.85. The van der Waals surface area contributed by atoms with E-state index in [0.29, 0.717) is 12.8 Å². The quantitative estimate of drug-likeness (QED) is 0.483. The van der Waals surface area contributed by atoms with E-state index < -0.39 is 0 Å². The van der Waals surface area contributed by atoms with Gasteiger partial charge in [0.2, 0.25) is 0 Å². The van der Waals surface area contributed by atoms with E-state index in [2.05, 4.69) is 6.92 Å². The van der Waals surface area contributed by atoms with Crippen LogP contribution in [-0.2, 0) is 9.59 Å². The smallest absolute Gasteiger partial charge is 0.143 e. The lowest BCUT2D eigenvalue weighted by Crippen LogP contribution is -2.13. The van der Waals surface area contributed by atoms with Crippen LogP contribution in [0.25, 0.3) is 0 Å². The van der Waals surface area contributed by atoms with Crippen LogP contribution in [0, 0.1) is 5.92 Å². The molecule has 0 heterocycles. The monoisotopic (exact) mass is 196 g/mol. The fraction of sp³-hybridized carbons (Fsp3) is 0.833. The van der Waals surface area contributed by atoms with E-state index in [9.17, 15) is 9.59 Å². The number of ketones is 2. The summed E-state index contributed by atoms with van der Waals surface area (Å²) in [4.78, 5) is 22.6. The molecule has 1 fully saturated rings. The van der Waals surface area contributed by atoms with E-state index >= 15 is 0 Å². The molecule has 0 aliphatic heterocycles. The minimum absolute atomic E-state index is 0.186. The third-order valence-electron chi connectivity index (χ3n) is 2.99. The van der Waals surface area contributed by atoms with Crippen LogP contribution in [0.5, 0.6) is 0 Å². The van der Waals surface area contributed by atoms with Crippen molar-refractivity contribution >= 4 is 11.6 Å². The number of rotatable bonds is 6. The van der Waals surface area contributed by atoms with Gasteiger partial charge in [0.1, 0.15) is 11.6 Å². The first-order valence-electron chi connectivity index (χ1n) is 5.81. The zero-order valence-corrected chi connectivity index (χ0v) is 9.05. The summed E-state index contributed by atoms with van der Waals surface area (Å²) in [6.07, 6.45) is 7.77. The molecular formula is C12H20O2. The van der Waals surface area contributed by atoms with Crippen molar-refractivity contribution in [3.8, 4) is 0 Å². The normalized spacial score (nSPS) is 18.1. The molecule has 0 amide bonds. The van der Waals surface area contributed by atoms with Crippen LogP contribution in [0.4, 0.5) is 0 Å². The summed E-state index contributed by atoms with van der Waals surface area (Å²) in [5, 5.41) is 0. The van der Waals surface area contributed by atoms with Gasteiger partial charge in [-0.1, -0.05) is 39.0 Å². The van der Waals surface area contributed by atoms with Crippen LogP contribution in [-0.4, -0.2) is 11.6 Å². The van der Waals surface area contributed by atoms with E-state index in [1.165, 1.54) is 25.7 Å². The molecule has 0 saturated heterocycles. The Bertz CT molecular complexity index is 192. The molecule has 14 heavy (non-hydrogen) atoms. The van der Waals surface area contributed by atoms with E-state index in [1.54, 1.807) is 0 Å².